The smallest absolute Gasteiger partial charge is 0.333 e. The highest BCUT2D eigenvalue weighted by atomic mass is 16.5. The first-order valence-corrected chi connectivity index (χ1v) is 6.29. The number of aryl methyl sites for hydroxylation is 1. The van der Waals surface area contributed by atoms with Crippen LogP contribution in [0.3, 0.4) is 0 Å². The second-order valence-corrected chi connectivity index (χ2v) is 4.46. The Bertz CT molecular complexity index is 426. The van der Waals surface area contributed by atoms with E-state index in [0.717, 1.165) is 5.69 Å². The zero-order valence-electron chi connectivity index (χ0n) is 11.6. The normalized spacial score (nSPS) is 10.1. The maximum atomic E-state index is 11.3. The molecular weight excluding hydrogens is 242 g/mol. The van der Waals surface area contributed by atoms with Crippen LogP contribution < -0.4 is 4.90 Å². The van der Waals surface area contributed by atoms with E-state index in [-0.39, 0.29) is 19.2 Å². The lowest BCUT2D eigenvalue weighted by atomic mass is 10.2. The molecule has 0 spiro atoms. The number of rotatable bonds is 7. The fraction of sp³-hybridized carbons (Fsp3) is 0.400. The van der Waals surface area contributed by atoms with Crippen LogP contribution in [0, 0.1) is 6.92 Å². The van der Waals surface area contributed by atoms with Crippen LogP contribution in [0.5, 0.6) is 0 Å². The van der Waals surface area contributed by atoms with Gasteiger partial charge in [0.2, 0.25) is 0 Å². The van der Waals surface area contributed by atoms with Gasteiger partial charge >= 0.3 is 5.97 Å². The summed E-state index contributed by atoms with van der Waals surface area (Å²) in [6, 6.07) is 8.01. The third-order valence-corrected chi connectivity index (χ3v) is 2.71. The van der Waals surface area contributed by atoms with Gasteiger partial charge in [0.05, 0.1) is 13.2 Å². The van der Waals surface area contributed by atoms with Crippen molar-refractivity contribution >= 4 is 11.7 Å². The third kappa shape index (κ3) is 5.14. The van der Waals surface area contributed by atoms with Crippen LogP contribution in [0.4, 0.5) is 5.69 Å². The van der Waals surface area contributed by atoms with Gasteiger partial charge in [-0.1, -0.05) is 24.3 Å². The SMILES string of the molecule is C=C(C)C(=O)OCCN(CCO)c1ccc(C)cc1. The highest BCUT2D eigenvalue weighted by molar-refractivity contribution is 5.86. The highest BCUT2D eigenvalue weighted by Gasteiger charge is 2.08. The molecule has 4 nitrogen and oxygen atoms in total. The fourth-order valence-corrected chi connectivity index (χ4v) is 1.62. The van der Waals surface area contributed by atoms with Crippen molar-refractivity contribution < 1.29 is 14.6 Å². The highest BCUT2D eigenvalue weighted by Crippen LogP contribution is 2.14. The quantitative estimate of drug-likeness (QED) is 0.603. The van der Waals surface area contributed by atoms with Crippen molar-refractivity contribution in [3.63, 3.8) is 0 Å². The zero-order valence-corrected chi connectivity index (χ0v) is 11.6. The zero-order chi connectivity index (χ0) is 14.3. The molecule has 1 aromatic rings. The standard InChI is InChI=1S/C15H21NO3/c1-12(2)15(18)19-11-9-16(8-10-17)14-6-4-13(3)5-7-14/h4-7,17H,1,8-11H2,2-3H3. The summed E-state index contributed by atoms with van der Waals surface area (Å²) >= 11 is 0. The van der Waals surface area contributed by atoms with E-state index in [1.807, 2.05) is 36.1 Å². The van der Waals surface area contributed by atoms with Crippen molar-refractivity contribution in [2.45, 2.75) is 13.8 Å². The number of anilines is 1. The number of ether oxygens (including phenoxy) is 1. The van der Waals surface area contributed by atoms with Crippen LogP contribution in [0.25, 0.3) is 0 Å². The van der Waals surface area contributed by atoms with Gasteiger partial charge in [0.15, 0.2) is 0 Å². The van der Waals surface area contributed by atoms with Crippen LogP contribution in [-0.2, 0) is 9.53 Å². The van der Waals surface area contributed by atoms with E-state index in [2.05, 4.69) is 6.58 Å². The number of carbonyl (C=O) groups excluding carboxylic acids is 1. The summed E-state index contributed by atoms with van der Waals surface area (Å²) in [5.41, 5.74) is 2.58. The second kappa shape index (κ2) is 7.59. The van der Waals surface area contributed by atoms with E-state index in [4.69, 9.17) is 9.84 Å². The van der Waals surface area contributed by atoms with Crippen LogP contribution in [0.1, 0.15) is 12.5 Å². The Morgan fingerprint density at radius 3 is 2.47 bits per heavy atom. The molecule has 4 heteroatoms. The summed E-state index contributed by atoms with van der Waals surface area (Å²) in [5, 5.41) is 9.09. The van der Waals surface area contributed by atoms with E-state index in [1.165, 1.54) is 5.56 Å². The van der Waals surface area contributed by atoms with Gasteiger partial charge in [-0.25, -0.2) is 4.79 Å². The minimum Gasteiger partial charge on any atom is -0.460 e. The molecule has 1 N–H and O–H groups in total. The Balaban J connectivity index is 2.55. The van der Waals surface area contributed by atoms with E-state index in [9.17, 15) is 4.79 Å². The third-order valence-electron chi connectivity index (χ3n) is 2.71. The molecule has 0 aliphatic heterocycles. The molecule has 0 saturated carbocycles. The van der Waals surface area contributed by atoms with Gasteiger partial charge in [0.1, 0.15) is 6.61 Å². The average molecular weight is 263 g/mol. The largest absolute Gasteiger partial charge is 0.460 e. The molecule has 0 radical (unpaired) electrons. The molecule has 104 valence electrons. The van der Waals surface area contributed by atoms with Gasteiger partial charge in [-0.05, 0) is 26.0 Å². The summed E-state index contributed by atoms with van der Waals surface area (Å²) in [7, 11) is 0. The Morgan fingerprint density at radius 2 is 1.95 bits per heavy atom. The van der Waals surface area contributed by atoms with Gasteiger partial charge < -0.3 is 14.7 Å². The maximum absolute atomic E-state index is 11.3. The number of aliphatic hydroxyl groups is 1. The van der Waals surface area contributed by atoms with Crippen molar-refractivity contribution in [1.82, 2.24) is 0 Å². The predicted octanol–water partition coefficient (Wildman–Crippen LogP) is 1.91. The molecule has 0 atom stereocenters. The van der Waals surface area contributed by atoms with Gasteiger partial charge in [-0.3, -0.25) is 0 Å². The molecule has 0 amide bonds. The van der Waals surface area contributed by atoms with Crippen LogP contribution >= 0.6 is 0 Å². The number of esters is 1. The first-order valence-electron chi connectivity index (χ1n) is 6.29. The first kappa shape index (κ1) is 15.2. The van der Waals surface area contributed by atoms with Crippen LogP contribution in [-0.4, -0.2) is 37.4 Å². The van der Waals surface area contributed by atoms with Gasteiger partial charge in [-0.15, -0.1) is 0 Å². The number of nitrogens with zero attached hydrogens (tertiary/aromatic N) is 1. The van der Waals surface area contributed by atoms with Crippen molar-refractivity contribution in [1.29, 1.82) is 0 Å². The lowest BCUT2D eigenvalue weighted by Crippen LogP contribution is -2.31. The van der Waals surface area contributed by atoms with Gasteiger partial charge in [0, 0.05) is 17.8 Å². The lowest BCUT2D eigenvalue weighted by molar-refractivity contribution is -0.138. The molecule has 0 aliphatic rings. The average Bonchev–Trinajstić information content (AvgIpc) is 2.38. The summed E-state index contributed by atoms with van der Waals surface area (Å²) in [4.78, 5) is 13.3. The molecule has 0 fully saturated rings. The number of carbonyl (C=O) groups is 1. The molecule has 0 saturated heterocycles. The van der Waals surface area contributed by atoms with Crippen molar-refractivity contribution in [2.24, 2.45) is 0 Å². The van der Waals surface area contributed by atoms with Crippen LogP contribution in [0.2, 0.25) is 0 Å². The van der Waals surface area contributed by atoms with Crippen molar-refractivity contribution in [2.75, 3.05) is 31.2 Å². The number of hydrogen-bond acceptors (Lipinski definition) is 4. The Labute approximate surface area is 114 Å². The molecule has 0 unspecified atom stereocenters. The number of hydrogen-bond donors (Lipinski definition) is 1. The Morgan fingerprint density at radius 1 is 1.32 bits per heavy atom. The monoisotopic (exact) mass is 263 g/mol. The maximum Gasteiger partial charge on any atom is 0.333 e. The van der Waals surface area contributed by atoms with E-state index >= 15 is 0 Å². The summed E-state index contributed by atoms with van der Waals surface area (Å²) in [6.45, 7) is 8.56. The van der Waals surface area contributed by atoms with Gasteiger partial charge in [-0.2, -0.15) is 0 Å². The second-order valence-electron chi connectivity index (χ2n) is 4.46. The lowest BCUT2D eigenvalue weighted by Gasteiger charge is -2.23. The van der Waals surface area contributed by atoms with Gasteiger partial charge in [0.25, 0.3) is 0 Å². The molecule has 0 heterocycles. The molecule has 1 aromatic carbocycles. The molecule has 0 aromatic heterocycles. The minimum atomic E-state index is -0.382. The molecule has 19 heavy (non-hydrogen) atoms. The van der Waals surface area contributed by atoms with Crippen LogP contribution in [0.15, 0.2) is 36.4 Å². The molecule has 0 aliphatic carbocycles. The Kier molecular flexibility index (Phi) is 6.09. The molecule has 1 rings (SSSR count). The summed E-state index contributed by atoms with van der Waals surface area (Å²) in [6.07, 6.45) is 0. The number of aliphatic hydroxyl groups excluding tert-OH is 1. The van der Waals surface area contributed by atoms with Crippen molar-refractivity contribution in [3.8, 4) is 0 Å². The minimum absolute atomic E-state index is 0.0578. The molecular formula is C15H21NO3. The molecule has 0 bridgehead atoms. The van der Waals surface area contributed by atoms with E-state index in [1.54, 1.807) is 6.92 Å². The number of benzene rings is 1. The summed E-state index contributed by atoms with van der Waals surface area (Å²) in [5.74, 6) is -0.382. The topological polar surface area (TPSA) is 49.8 Å². The summed E-state index contributed by atoms with van der Waals surface area (Å²) < 4.78 is 5.06. The van der Waals surface area contributed by atoms with Crippen molar-refractivity contribution in [3.05, 3.63) is 42.0 Å². The first-order chi connectivity index (χ1) is 9.04. The van der Waals surface area contributed by atoms with E-state index in [0.29, 0.717) is 18.7 Å². The predicted molar refractivity (Wildman–Crippen MR) is 76.3 cm³/mol. The van der Waals surface area contributed by atoms with E-state index < -0.39 is 0 Å². The fourth-order valence-electron chi connectivity index (χ4n) is 1.62. The Hall–Kier alpha value is -1.81.